The number of hydrogen-bond donors (Lipinski definition) is 0. The minimum atomic E-state index is -2.75. The molecule has 0 aliphatic rings. The molecule has 0 radical (unpaired) electrons. The zero-order valence-corrected chi connectivity index (χ0v) is 36.7. The normalized spacial score (nSPS) is 12.1. The highest BCUT2D eigenvalue weighted by Crippen LogP contribution is 2.45. The fourth-order valence-electron chi connectivity index (χ4n) is 10.8. The monoisotopic (exact) mass is 848 g/mol. The van der Waals surface area contributed by atoms with Gasteiger partial charge in [-0.05, 0) is 80.9 Å². The molecular weight excluding hydrogens is 809 g/mol. The van der Waals surface area contributed by atoms with E-state index in [2.05, 4.69) is 252 Å². The summed E-state index contributed by atoms with van der Waals surface area (Å²) in [5.41, 5.74) is 9.65. The Morgan fingerprint density at radius 1 is 0.297 bits per heavy atom. The van der Waals surface area contributed by atoms with Crippen LogP contribution in [0.25, 0.3) is 86.3 Å². The van der Waals surface area contributed by atoms with Crippen molar-refractivity contribution in [1.82, 2.24) is 9.13 Å². The molecule has 2 nitrogen and oxygen atoms in total. The lowest BCUT2D eigenvalue weighted by Gasteiger charge is -2.34. The van der Waals surface area contributed by atoms with Crippen LogP contribution < -0.4 is 20.7 Å². The predicted molar refractivity (Wildman–Crippen MR) is 277 cm³/mol. The van der Waals surface area contributed by atoms with Crippen LogP contribution in [0, 0.1) is 0 Å². The number of aromatic nitrogens is 2. The van der Waals surface area contributed by atoms with Crippen molar-refractivity contribution < 1.29 is 0 Å². The summed E-state index contributed by atoms with van der Waals surface area (Å²) in [4.78, 5) is 0. The van der Waals surface area contributed by atoms with Gasteiger partial charge in [-0.1, -0.05) is 188 Å². The van der Waals surface area contributed by atoms with E-state index in [0.717, 1.165) is 11.4 Å². The summed E-state index contributed by atoms with van der Waals surface area (Å²) in [6.07, 6.45) is 0. The molecule has 0 saturated carbocycles. The summed E-state index contributed by atoms with van der Waals surface area (Å²) in [6, 6.07) is 90.3. The van der Waals surface area contributed by atoms with Crippen LogP contribution in [-0.2, 0) is 0 Å². The number of thiophene rings is 1. The minimum Gasteiger partial charge on any atom is -0.309 e. The lowest BCUT2D eigenvalue weighted by molar-refractivity contribution is 1.17. The second-order valence-corrected chi connectivity index (χ2v) is 21.6. The third-order valence-electron chi connectivity index (χ3n) is 13.5. The molecule has 13 rings (SSSR count). The molecule has 0 unspecified atom stereocenters. The van der Waals surface area contributed by atoms with Crippen LogP contribution in [0.5, 0.6) is 0 Å². The first-order valence-corrected chi connectivity index (χ1v) is 24.8. The summed E-state index contributed by atoms with van der Waals surface area (Å²) in [6.45, 7) is 0. The van der Waals surface area contributed by atoms with Crippen LogP contribution >= 0.6 is 11.3 Å². The standard InChI is InChI=1S/C60H40N2SSi/c1-4-20-43(21-5-1)64(44-22-6-2-7-23-44,45-24-8-3-9-25-45)46-26-16-19-41(39-46)61-54-33-13-10-27-47(54)53-40-42(37-38-56(53)61)62-55-34-14-11-29-52(55)59-49(30-18-35-57(59)62)51-32-17-31-50-48-28-12-15-36-58(48)63-60(50)51/h1-40H. The minimum absolute atomic E-state index is 1.15. The Labute approximate surface area is 376 Å². The van der Waals surface area contributed by atoms with E-state index in [-0.39, 0.29) is 0 Å². The molecule has 0 fully saturated rings. The summed E-state index contributed by atoms with van der Waals surface area (Å²) in [5, 5.41) is 13.1. The van der Waals surface area contributed by atoms with Crippen LogP contribution in [-0.4, -0.2) is 17.2 Å². The largest absolute Gasteiger partial charge is 0.309 e. The lowest BCUT2D eigenvalue weighted by Crippen LogP contribution is -2.74. The SMILES string of the molecule is c1ccc([Si](c2ccccc2)(c2ccccc2)c2cccc(-n3c4ccccc4c4cc(-n5c6ccccc6c6c(-c7cccc8c7sc7ccccc78)cccc65)ccc43)c2)cc1. The molecule has 0 spiro atoms. The Morgan fingerprint density at radius 3 is 1.50 bits per heavy atom. The molecule has 4 heteroatoms. The zero-order valence-electron chi connectivity index (χ0n) is 34.9. The van der Waals surface area contributed by atoms with Gasteiger partial charge in [0.2, 0.25) is 0 Å². The van der Waals surface area contributed by atoms with Gasteiger partial charge in [0.1, 0.15) is 0 Å². The van der Waals surface area contributed by atoms with E-state index in [1.165, 1.54) is 95.7 Å². The number of para-hydroxylation sites is 2. The van der Waals surface area contributed by atoms with Gasteiger partial charge in [-0.3, -0.25) is 0 Å². The predicted octanol–water partition coefficient (Wildman–Crippen LogP) is 13.3. The fraction of sp³-hybridized carbons (Fsp3) is 0. The van der Waals surface area contributed by atoms with Crippen molar-refractivity contribution in [2.75, 3.05) is 0 Å². The second kappa shape index (κ2) is 14.7. The summed E-state index contributed by atoms with van der Waals surface area (Å²) >= 11 is 1.89. The molecule has 0 amide bonds. The third kappa shape index (κ3) is 5.43. The first-order valence-electron chi connectivity index (χ1n) is 22.0. The van der Waals surface area contributed by atoms with Crippen molar-refractivity contribution in [2.45, 2.75) is 0 Å². The van der Waals surface area contributed by atoms with Gasteiger partial charge < -0.3 is 9.13 Å². The van der Waals surface area contributed by atoms with E-state index in [1.807, 2.05) is 11.3 Å². The molecule has 3 heterocycles. The van der Waals surface area contributed by atoms with Gasteiger partial charge in [0.15, 0.2) is 8.07 Å². The molecule has 0 bridgehead atoms. The number of fused-ring (bicyclic) bond motifs is 9. The molecule has 300 valence electrons. The van der Waals surface area contributed by atoms with Crippen molar-refractivity contribution in [3.63, 3.8) is 0 Å². The van der Waals surface area contributed by atoms with Gasteiger partial charge in [-0.2, -0.15) is 0 Å². The quantitative estimate of drug-likeness (QED) is 0.112. The Hall–Kier alpha value is -7.76. The average molecular weight is 849 g/mol. The summed E-state index contributed by atoms with van der Waals surface area (Å²) < 4.78 is 7.62. The van der Waals surface area contributed by atoms with Crippen LogP contribution in [0.15, 0.2) is 243 Å². The first kappa shape index (κ1) is 36.9. The Bertz CT molecular complexity index is 3800. The number of nitrogens with zero attached hydrogens (tertiary/aromatic N) is 2. The van der Waals surface area contributed by atoms with E-state index in [9.17, 15) is 0 Å². The van der Waals surface area contributed by atoms with Crippen LogP contribution in [0.1, 0.15) is 0 Å². The van der Waals surface area contributed by atoms with Gasteiger partial charge in [0.05, 0.1) is 22.1 Å². The molecule has 13 aromatic rings. The zero-order chi connectivity index (χ0) is 42.2. The number of rotatable bonds is 7. The number of benzene rings is 10. The molecule has 0 aliphatic carbocycles. The fourth-order valence-corrected chi connectivity index (χ4v) is 16.8. The number of hydrogen-bond acceptors (Lipinski definition) is 1. The van der Waals surface area contributed by atoms with Crippen molar-refractivity contribution >= 4 is 104 Å². The maximum Gasteiger partial charge on any atom is 0.179 e. The lowest BCUT2D eigenvalue weighted by atomic mass is 9.98. The van der Waals surface area contributed by atoms with Gasteiger partial charge in [0, 0.05) is 58.7 Å². The van der Waals surface area contributed by atoms with E-state index in [1.54, 1.807) is 0 Å². The second-order valence-electron chi connectivity index (χ2n) is 16.8. The maximum absolute atomic E-state index is 2.75. The van der Waals surface area contributed by atoms with Gasteiger partial charge in [-0.15, -0.1) is 11.3 Å². The van der Waals surface area contributed by atoms with E-state index >= 15 is 0 Å². The highest BCUT2D eigenvalue weighted by atomic mass is 32.1. The molecule has 0 aliphatic heterocycles. The maximum atomic E-state index is 2.48. The van der Waals surface area contributed by atoms with E-state index in [0.29, 0.717) is 0 Å². The van der Waals surface area contributed by atoms with Gasteiger partial charge in [-0.25, -0.2) is 0 Å². The molecule has 64 heavy (non-hydrogen) atoms. The molecule has 3 aromatic heterocycles. The van der Waals surface area contributed by atoms with Crippen LogP contribution in [0.3, 0.4) is 0 Å². The molecule has 0 atom stereocenters. The molecule has 0 N–H and O–H groups in total. The first-order chi connectivity index (χ1) is 31.8. The highest BCUT2D eigenvalue weighted by Gasteiger charge is 2.41. The third-order valence-corrected chi connectivity index (χ3v) is 19.5. The molecular formula is C60H40N2SSi. The topological polar surface area (TPSA) is 9.86 Å². The molecule has 10 aromatic carbocycles. The molecule has 0 saturated heterocycles. The summed E-state index contributed by atoms with van der Waals surface area (Å²) in [7, 11) is -2.75. The van der Waals surface area contributed by atoms with E-state index in [4.69, 9.17) is 0 Å². The Kier molecular flexibility index (Phi) is 8.45. The van der Waals surface area contributed by atoms with Crippen molar-refractivity contribution in [3.8, 4) is 22.5 Å². The highest BCUT2D eigenvalue weighted by molar-refractivity contribution is 7.26. The Morgan fingerprint density at radius 2 is 0.781 bits per heavy atom. The average Bonchev–Trinajstić information content (AvgIpc) is 4.03. The van der Waals surface area contributed by atoms with Crippen LogP contribution in [0.2, 0.25) is 0 Å². The van der Waals surface area contributed by atoms with Crippen molar-refractivity contribution in [3.05, 3.63) is 243 Å². The van der Waals surface area contributed by atoms with Gasteiger partial charge in [0.25, 0.3) is 0 Å². The van der Waals surface area contributed by atoms with Crippen molar-refractivity contribution in [1.29, 1.82) is 0 Å². The van der Waals surface area contributed by atoms with Crippen molar-refractivity contribution in [2.24, 2.45) is 0 Å². The smallest absolute Gasteiger partial charge is 0.179 e. The van der Waals surface area contributed by atoms with Crippen LogP contribution in [0.4, 0.5) is 0 Å². The van der Waals surface area contributed by atoms with Gasteiger partial charge >= 0.3 is 0 Å². The van der Waals surface area contributed by atoms with E-state index < -0.39 is 8.07 Å². The summed E-state index contributed by atoms with van der Waals surface area (Å²) in [5.74, 6) is 0. The Balaban J connectivity index is 1.03.